The van der Waals surface area contributed by atoms with Crippen molar-refractivity contribution in [3.05, 3.63) is 58.4 Å². The van der Waals surface area contributed by atoms with E-state index in [9.17, 15) is 37.4 Å². The third kappa shape index (κ3) is 3.08. The average molecular weight is 342 g/mol. The van der Waals surface area contributed by atoms with Crippen LogP contribution in [0.3, 0.4) is 0 Å². The van der Waals surface area contributed by atoms with Crippen LogP contribution in [0.2, 0.25) is 0 Å². The predicted octanol–water partition coefficient (Wildman–Crippen LogP) is 4.22. The van der Waals surface area contributed by atoms with Gasteiger partial charge in [0.2, 0.25) is 0 Å². The van der Waals surface area contributed by atoms with E-state index in [1.807, 2.05) is 0 Å². The number of hydrogen-bond donors (Lipinski definition) is 2. The zero-order valence-electron chi connectivity index (χ0n) is 12.1. The van der Waals surface area contributed by atoms with Crippen molar-refractivity contribution in [3.8, 4) is 11.1 Å². The molecule has 0 bridgehead atoms. The Balaban J connectivity index is 2.92. The number of benzene rings is 2. The normalized spacial score (nSPS) is 11.4. The van der Waals surface area contributed by atoms with Gasteiger partial charge in [-0.15, -0.1) is 0 Å². The fraction of sp³-hybridized carbons (Fsp3) is 0.125. The minimum atomic E-state index is -5.00. The largest absolute Gasteiger partial charge is 0.478 e. The summed E-state index contributed by atoms with van der Waals surface area (Å²) < 4.78 is 52.9. The Morgan fingerprint density at radius 3 is 1.92 bits per heavy atom. The van der Waals surface area contributed by atoms with Crippen LogP contribution >= 0.6 is 0 Å². The highest BCUT2D eigenvalue weighted by atomic mass is 19.4. The highest BCUT2D eigenvalue weighted by Gasteiger charge is 2.36. The first-order chi connectivity index (χ1) is 11.0. The molecule has 0 unspecified atom stereocenters. The molecule has 0 spiro atoms. The van der Waals surface area contributed by atoms with Crippen LogP contribution in [-0.2, 0) is 6.18 Å². The molecular formula is C16H10F4O4. The van der Waals surface area contributed by atoms with Crippen LogP contribution in [0.25, 0.3) is 11.1 Å². The topological polar surface area (TPSA) is 74.6 Å². The fourth-order valence-electron chi connectivity index (χ4n) is 2.36. The number of rotatable bonds is 3. The monoisotopic (exact) mass is 342 g/mol. The van der Waals surface area contributed by atoms with Crippen molar-refractivity contribution in [1.29, 1.82) is 0 Å². The molecule has 0 aliphatic carbocycles. The van der Waals surface area contributed by atoms with Gasteiger partial charge >= 0.3 is 18.1 Å². The van der Waals surface area contributed by atoms with Gasteiger partial charge in [-0.25, -0.2) is 14.0 Å². The second kappa shape index (κ2) is 5.95. The molecule has 0 aliphatic rings. The molecule has 0 fully saturated rings. The molecule has 2 aromatic carbocycles. The molecule has 0 atom stereocenters. The summed E-state index contributed by atoms with van der Waals surface area (Å²) in [5.74, 6) is -4.88. The number of aryl methyl sites for hydroxylation is 1. The summed E-state index contributed by atoms with van der Waals surface area (Å²) in [4.78, 5) is 22.8. The van der Waals surface area contributed by atoms with E-state index in [-0.39, 0.29) is 5.56 Å². The van der Waals surface area contributed by atoms with Gasteiger partial charge in [0.15, 0.2) is 0 Å². The van der Waals surface area contributed by atoms with Gasteiger partial charge in [0, 0.05) is 11.1 Å². The van der Waals surface area contributed by atoms with Gasteiger partial charge in [-0.05, 0) is 30.7 Å². The standard InChI is InChI=1S/C16H10F4O4/c1-7-5-9(14(21)22)12(10(6-7)15(23)24)8-3-2-4-11(13(8)17)16(18,19)20/h2-6H,1H3,(H,21,22)(H,23,24). The summed E-state index contributed by atoms with van der Waals surface area (Å²) in [5.41, 5.74) is -3.87. The molecule has 2 N–H and O–H groups in total. The highest BCUT2D eigenvalue weighted by Crippen LogP contribution is 2.38. The average Bonchev–Trinajstić information content (AvgIpc) is 2.45. The van der Waals surface area contributed by atoms with Crippen LogP contribution in [0.1, 0.15) is 31.8 Å². The molecule has 126 valence electrons. The maximum atomic E-state index is 14.3. The van der Waals surface area contributed by atoms with Crippen LogP contribution in [0.5, 0.6) is 0 Å². The number of carbonyl (C=O) groups is 2. The number of hydrogen-bond acceptors (Lipinski definition) is 2. The molecule has 0 aromatic heterocycles. The van der Waals surface area contributed by atoms with E-state index in [0.29, 0.717) is 6.07 Å². The van der Waals surface area contributed by atoms with E-state index in [4.69, 9.17) is 0 Å². The lowest BCUT2D eigenvalue weighted by Crippen LogP contribution is -2.12. The minimum Gasteiger partial charge on any atom is -0.478 e. The van der Waals surface area contributed by atoms with Gasteiger partial charge in [0.1, 0.15) is 5.82 Å². The molecule has 0 radical (unpaired) electrons. The summed E-state index contributed by atoms with van der Waals surface area (Å²) in [6.07, 6.45) is -5.00. The first kappa shape index (κ1) is 17.5. The second-order valence-electron chi connectivity index (χ2n) is 5.01. The summed E-state index contributed by atoms with van der Waals surface area (Å²) in [5, 5.41) is 18.5. The van der Waals surface area contributed by atoms with Gasteiger partial charge in [0.05, 0.1) is 16.7 Å². The molecular weight excluding hydrogens is 332 g/mol. The van der Waals surface area contributed by atoms with E-state index in [2.05, 4.69) is 0 Å². The van der Waals surface area contributed by atoms with Gasteiger partial charge in [0.25, 0.3) is 0 Å². The molecule has 2 rings (SSSR count). The number of carboxylic acids is 2. The van der Waals surface area contributed by atoms with Crippen molar-refractivity contribution in [2.24, 2.45) is 0 Å². The van der Waals surface area contributed by atoms with E-state index in [0.717, 1.165) is 24.3 Å². The Morgan fingerprint density at radius 2 is 1.50 bits per heavy atom. The molecule has 0 saturated heterocycles. The summed E-state index contributed by atoms with van der Waals surface area (Å²) in [7, 11) is 0. The quantitative estimate of drug-likeness (QED) is 0.819. The number of halogens is 4. The van der Waals surface area contributed by atoms with Gasteiger partial charge in [-0.3, -0.25) is 0 Å². The van der Waals surface area contributed by atoms with Crippen molar-refractivity contribution in [2.45, 2.75) is 13.1 Å². The van der Waals surface area contributed by atoms with Crippen LogP contribution in [0.4, 0.5) is 17.6 Å². The Bertz CT molecular complexity index is 805. The minimum absolute atomic E-state index is 0.265. The van der Waals surface area contributed by atoms with E-state index < -0.39 is 51.7 Å². The predicted molar refractivity (Wildman–Crippen MR) is 75.5 cm³/mol. The van der Waals surface area contributed by atoms with Crippen molar-refractivity contribution in [2.75, 3.05) is 0 Å². The SMILES string of the molecule is Cc1cc(C(=O)O)c(-c2cccc(C(F)(F)F)c2F)c(C(=O)O)c1. The first-order valence-corrected chi connectivity index (χ1v) is 6.51. The fourth-order valence-corrected chi connectivity index (χ4v) is 2.36. The van der Waals surface area contributed by atoms with Gasteiger partial charge in [-0.1, -0.05) is 12.1 Å². The Labute approximate surface area is 133 Å². The molecule has 2 aromatic rings. The molecule has 0 amide bonds. The molecule has 0 saturated carbocycles. The maximum Gasteiger partial charge on any atom is 0.419 e. The van der Waals surface area contributed by atoms with Crippen molar-refractivity contribution in [3.63, 3.8) is 0 Å². The van der Waals surface area contributed by atoms with Gasteiger partial charge < -0.3 is 10.2 Å². The molecule has 4 nitrogen and oxygen atoms in total. The molecule has 24 heavy (non-hydrogen) atoms. The molecule has 0 aliphatic heterocycles. The second-order valence-corrected chi connectivity index (χ2v) is 5.01. The van der Waals surface area contributed by atoms with Crippen molar-refractivity contribution >= 4 is 11.9 Å². The lowest BCUT2D eigenvalue weighted by atomic mass is 9.91. The van der Waals surface area contributed by atoms with E-state index in [1.165, 1.54) is 6.92 Å². The zero-order chi connectivity index (χ0) is 18.2. The van der Waals surface area contributed by atoms with Crippen molar-refractivity contribution in [1.82, 2.24) is 0 Å². The summed E-state index contributed by atoms with van der Waals surface area (Å²) in [6, 6.07) is 4.44. The molecule has 0 heterocycles. The number of aromatic carboxylic acids is 2. The Kier molecular flexibility index (Phi) is 4.33. The first-order valence-electron chi connectivity index (χ1n) is 6.51. The van der Waals surface area contributed by atoms with Crippen LogP contribution in [0, 0.1) is 12.7 Å². The van der Waals surface area contributed by atoms with E-state index >= 15 is 0 Å². The third-order valence-corrected chi connectivity index (χ3v) is 3.32. The van der Waals surface area contributed by atoms with Crippen LogP contribution < -0.4 is 0 Å². The van der Waals surface area contributed by atoms with Gasteiger partial charge in [-0.2, -0.15) is 13.2 Å². The number of carboxylic acid groups (broad SMARTS) is 2. The summed E-state index contributed by atoms with van der Waals surface area (Å²) >= 11 is 0. The number of alkyl halides is 3. The van der Waals surface area contributed by atoms with Crippen LogP contribution in [0.15, 0.2) is 30.3 Å². The van der Waals surface area contributed by atoms with Crippen LogP contribution in [-0.4, -0.2) is 22.2 Å². The highest BCUT2D eigenvalue weighted by molar-refractivity contribution is 6.05. The Hall–Kier alpha value is -2.90. The third-order valence-electron chi connectivity index (χ3n) is 3.32. The van der Waals surface area contributed by atoms with Crippen molar-refractivity contribution < 1.29 is 37.4 Å². The maximum absolute atomic E-state index is 14.3. The summed E-state index contributed by atoms with van der Waals surface area (Å²) in [6.45, 7) is 1.42. The lowest BCUT2D eigenvalue weighted by Gasteiger charge is -2.15. The molecule has 8 heteroatoms. The lowest BCUT2D eigenvalue weighted by molar-refractivity contribution is -0.139. The van der Waals surface area contributed by atoms with E-state index in [1.54, 1.807) is 0 Å². The zero-order valence-corrected chi connectivity index (χ0v) is 12.1. The Morgan fingerprint density at radius 1 is 1.00 bits per heavy atom. The smallest absolute Gasteiger partial charge is 0.419 e.